The highest BCUT2D eigenvalue weighted by molar-refractivity contribution is 9.10. The number of amides is 1. The number of carbonyl (C=O) groups excluding carboxylic acids is 1. The molecule has 0 saturated carbocycles. The molecule has 0 aliphatic carbocycles. The molecule has 1 aliphatic rings. The van der Waals surface area contributed by atoms with Crippen LogP contribution in [0.2, 0.25) is 0 Å². The number of thiocarbonyl (C=S) groups is 1. The third-order valence-corrected chi connectivity index (χ3v) is 4.71. The van der Waals surface area contributed by atoms with Crippen molar-refractivity contribution in [2.24, 2.45) is 7.05 Å². The highest BCUT2D eigenvalue weighted by Gasteiger charge is 2.35. The van der Waals surface area contributed by atoms with E-state index in [1.165, 1.54) is 0 Å². The lowest BCUT2D eigenvalue weighted by molar-refractivity contribution is -0.123. The van der Waals surface area contributed by atoms with Gasteiger partial charge in [0.2, 0.25) is 0 Å². The summed E-state index contributed by atoms with van der Waals surface area (Å²) in [6.45, 7) is 1.96. The molecule has 23 heavy (non-hydrogen) atoms. The predicted octanol–water partition coefficient (Wildman–Crippen LogP) is 3.00. The first-order chi connectivity index (χ1) is 11.0. The van der Waals surface area contributed by atoms with E-state index in [4.69, 9.17) is 12.2 Å². The van der Waals surface area contributed by atoms with Gasteiger partial charge in [-0.3, -0.25) is 14.4 Å². The van der Waals surface area contributed by atoms with Crippen LogP contribution in [0.15, 0.2) is 46.7 Å². The lowest BCUT2D eigenvalue weighted by atomic mass is 10.1. The predicted molar refractivity (Wildman–Crippen MR) is 96.3 cm³/mol. The summed E-state index contributed by atoms with van der Waals surface area (Å²) in [5.41, 5.74) is 2.29. The van der Waals surface area contributed by atoms with E-state index in [0.29, 0.717) is 10.8 Å². The van der Waals surface area contributed by atoms with E-state index in [9.17, 15) is 4.79 Å². The second-order valence-electron chi connectivity index (χ2n) is 5.25. The molecule has 1 aromatic heterocycles. The molecule has 1 aliphatic heterocycles. The Bertz CT molecular complexity index is 780. The van der Waals surface area contributed by atoms with E-state index in [0.717, 1.165) is 15.7 Å². The summed E-state index contributed by atoms with van der Waals surface area (Å²) in [7, 11) is 1.82. The van der Waals surface area contributed by atoms with Crippen LogP contribution in [0.1, 0.15) is 24.2 Å². The Morgan fingerprint density at radius 3 is 2.65 bits per heavy atom. The van der Waals surface area contributed by atoms with E-state index in [2.05, 4.69) is 26.3 Å². The Hall–Kier alpha value is -1.99. The van der Waals surface area contributed by atoms with E-state index >= 15 is 0 Å². The third-order valence-electron chi connectivity index (χ3n) is 3.80. The maximum Gasteiger partial charge on any atom is 0.277 e. The fourth-order valence-corrected chi connectivity index (χ4v) is 3.31. The van der Waals surface area contributed by atoms with Crippen LogP contribution in [0, 0.1) is 0 Å². The minimum atomic E-state index is -0.139. The molecule has 1 fully saturated rings. The molecule has 1 atom stereocenters. The van der Waals surface area contributed by atoms with E-state index in [-0.39, 0.29) is 11.9 Å². The molecule has 1 unspecified atom stereocenters. The van der Waals surface area contributed by atoms with Crippen LogP contribution in [-0.2, 0) is 11.8 Å². The number of hydrogen-bond acceptors (Lipinski definition) is 3. The number of nitrogens with zero attached hydrogens (tertiary/aromatic N) is 3. The smallest absolute Gasteiger partial charge is 0.277 e. The van der Waals surface area contributed by atoms with Crippen LogP contribution in [0.25, 0.3) is 6.08 Å². The van der Waals surface area contributed by atoms with Crippen molar-refractivity contribution in [2.45, 2.75) is 13.0 Å². The fraction of sp³-hybridized carbons (Fsp3) is 0.188. The molecular weight excluding hydrogens is 376 g/mol. The maximum absolute atomic E-state index is 12.7. The number of aryl methyl sites for hydroxylation is 1. The number of benzene rings is 1. The summed E-state index contributed by atoms with van der Waals surface area (Å²) in [6, 6.07) is 9.69. The average molecular weight is 391 g/mol. The number of aromatic nitrogens is 2. The van der Waals surface area contributed by atoms with Gasteiger partial charge in [-0.1, -0.05) is 30.3 Å². The topological polar surface area (TPSA) is 50.2 Å². The minimum absolute atomic E-state index is 0.135. The molecule has 2 aromatic rings. The van der Waals surface area contributed by atoms with Gasteiger partial charge >= 0.3 is 0 Å². The highest BCUT2D eigenvalue weighted by Crippen LogP contribution is 2.27. The summed E-state index contributed by atoms with van der Waals surface area (Å²) in [6.07, 6.45) is 3.44. The van der Waals surface area contributed by atoms with Gasteiger partial charge in [0.1, 0.15) is 5.70 Å². The molecule has 1 aromatic carbocycles. The molecule has 2 heterocycles. The van der Waals surface area contributed by atoms with Gasteiger partial charge in [-0.15, -0.1) is 0 Å². The number of halogens is 1. The fourth-order valence-electron chi connectivity index (χ4n) is 2.50. The van der Waals surface area contributed by atoms with Gasteiger partial charge in [0.15, 0.2) is 5.11 Å². The van der Waals surface area contributed by atoms with Crippen molar-refractivity contribution in [1.82, 2.24) is 20.0 Å². The third kappa shape index (κ3) is 2.94. The maximum atomic E-state index is 12.7. The normalized spacial score (nSPS) is 17.7. The first-order valence-corrected chi connectivity index (χ1v) is 8.28. The zero-order chi connectivity index (χ0) is 16.6. The van der Waals surface area contributed by atoms with E-state index in [1.807, 2.05) is 44.3 Å². The number of rotatable bonds is 3. The van der Waals surface area contributed by atoms with Crippen molar-refractivity contribution >= 4 is 45.2 Å². The van der Waals surface area contributed by atoms with Crippen LogP contribution in [0.5, 0.6) is 0 Å². The van der Waals surface area contributed by atoms with Crippen LogP contribution >= 0.6 is 28.1 Å². The molecular formula is C16H15BrN4OS. The summed E-state index contributed by atoms with van der Waals surface area (Å²) in [5.74, 6) is -0.139. The second-order valence-corrected chi connectivity index (χ2v) is 6.49. The van der Waals surface area contributed by atoms with Gasteiger partial charge in [0.25, 0.3) is 5.91 Å². The molecule has 7 heteroatoms. The first kappa shape index (κ1) is 15.9. The monoisotopic (exact) mass is 390 g/mol. The molecule has 3 rings (SSSR count). The van der Waals surface area contributed by atoms with Crippen LogP contribution in [-0.4, -0.2) is 25.7 Å². The molecule has 0 bridgehead atoms. The molecule has 0 spiro atoms. The molecule has 1 saturated heterocycles. The molecule has 0 radical (unpaired) electrons. The van der Waals surface area contributed by atoms with E-state index < -0.39 is 0 Å². The molecule has 1 amide bonds. The lowest BCUT2D eigenvalue weighted by Gasteiger charge is -2.23. The van der Waals surface area contributed by atoms with Crippen molar-refractivity contribution in [3.05, 3.63) is 58.0 Å². The standard InChI is InChI=1S/C16H15BrN4OS/c1-10(11-6-4-3-5-7-11)21-15(22)13(19-16(21)23)8-14-12(17)9-18-20(14)2/h3-10H,1-2H3,(H,19,23)/b13-8-. The molecule has 1 N–H and O–H groups in total. The molecule has 118 valence electrons. The zero-order valence-corrected chi connectivity index (χ0v) is 15.1. The van der Waals surface area contributed by atoms with Crippen molar-refractivity contribution in [3.8, 4) is 0 Å². The van der Waals surface area contributed by atoms with Crippen molar-refractivity contribution in [3.63, 3.8) is 0 Å². The first-order valence-electron chi connectivity index (χ1n) is 7.07. The Balaban J connectivity index is 1.92. The highest BCUT2D eigenvalue weighted by atomic mass is 79.9. The van der Waals surface area contributed by atoms with Gasteiger partial charge in [0.05, 0.1) is 22.4 Å². The largest absolute Gasteiger partial charge is 0.328 e. The van der Waals surface area contributed by atoms with Crippen LogP contribution in [0.3, 0.4) is 0 Å². The quantitative estimate of drug-likeness (QED) is 0.646. The Morgan fingerprint density at radius 1 is 1.35 bits per heavy atom. The summed E-state index contributed by atoms with van der Waals surface area (Å²) >= 11 is 8.78. The average Bonchev–Trinajstić information content (AvgIpc) is 3.01. The number of carbonyl (C=O) groups is 1. The van der Waals surface area contributed by atoms with E-state index in [1.54, 1.807) is 21.9 Å². The van der Waals surface area contributed by atoms with Gasteiger partial charge in [-0.05, 0) is 46.7 Å². The SMILES string of the molecule is CC(c1ccccc1)N1C(=O)/C(=C/c2c(Br)cnn2C)NC1=S. The van der Waals surface area contributed by atoms with Crippen LogP contribution in [0.4, 0.5) is 0 Å². The molecule has 5 nitrogen and oxygen atoms in total. The van der Waals surface area contributed by atoms with Crippen molar-refractivity contribution in [2.75, 3.05) is 0 Å². The lowest BCUT2D eigenvalue weighted by Crippen LogP contribution is -2.33. The van der Waals surface area contributed by atoms with Crippen molar-refractivity contribution < 1.29 is 4.79 Å². The Kier molecular flexibility index (Phi) is 4.32. The summed E-state index contributed by atoms with van der Waals surface area (Å²) in [5, 5.41) is 7.56. The number of hydrogen-bond donors (Lipinski definition) is 1. The minimum Gasteiger partial charge on any atom is -0.328 e. The summed E-state index contributed by atoms with van der Waals surface area (Å²) in [4.78, 5) is 14.3. The number of nitrogens with one attached hydrogen (secondary N) is 1. The Labute approximate surface area is 148 Å². The van der Waals surface area contributed by atoms with Gasteiger partial charge in [-0.25, -0.2) is 0 Å². The summed E-state index contributed by atoms with van der Waals surface area (Å²) < 4.78 is 2.51. The second kappa shape index (κ2) is 6.25. The zero-order valence-electron chi connectivity index (χ0n) is 12.7. The van der Waals surface area contributed by atoms with Gasteiger partial charge < -0.3 is 5.32 Å². The Morgan fingerprint density at radius 2 is 2.04 bits per heavy atom. The van der Waals surface area contributed by atoms with Gasteiger partial charge in [-0.2, -0.15) is 5.10 Å². The van der Waals surface area contributed by atoms with Gasteiger partial charge in [0, 0.05) is 7.05 Å². The van der Waals surface area contributed by atoms with Crippen molar-refractivity contribution in [1.29, 1.82) is 0 Å². The van der Waals surface area contributed by atoms with Crippen LogP contribution < -0.4 is 5.32 Å².